The van der Waals surface area contributed by atoms with Crippen LogP contribution >= 0.6 is 0 Å². The third-order valence-corrected chi connectivity index (χ3v) is 5.12. The molecule has 1 amide bonds. The SMILES string of the molecule is Cc1cc2cc(C(=O)N3CCCC(Cc4[nH]ncc4C)C3)ccc2o1. The molecule has 130 valence electrons. The van der Waals surface area contributed by atoms with E-state index in [0.717, 1.165) is 54.6 Å². The number of fused-ring (bicyclic) bond motifs is 1. The summed E-state index contributed by atoms with van der Waals surface area (Å²) in [5.41, 5.74) is 3.96. The van der Waals surface area contributed by atoms with Gasteiger partial charge in [0.05, 0.1) is 6.20 Å². The fraction of sp³-hybridized carbons (Fsp3) is 0.400. The minimum absolute atomic E-state index is 0.117. The number of aromatic nitrogens is 2. The van der Waals surface area contributed by atoms with Gasteiger partial charge in [-0.3, -0.25) is 9.89 Å². The Morgan fingerprint density at radius 3 is 3.04 bits per heavy atom. The minimum atomic E-state index is 0.117. The maximum atomic E-state index is 12.9. The Hall–Kier alpha value is -2.56. The van der Waals surface area contributed by atoms with E-state index in [-0.39, 0.29) is 5.91 Å². The molecule has 0 saturated carbocycles. The third kappa shape index (κ3) is 3.18. The number of H-pyrrole nitrogens is 1. The number of benzene rings is 1. The Labute approximate surface area is 147 Å². The van der Waals surface area contributed by atoms with Crippen molar-refractivity contribution >= 4 is 16.9 Å². The average molecular weight is 337 g/mol. The molecular weight excluding hydrogens is 314 g/mol. The van der Waals surface area contributed by atoms with E-state index in [4.69, 9.17) is 4.42 Å². The van der Waals surface area contributed by atoms with Gasteiger partial charge in [0.15, 0.2) is 0 Å². The van der Waals surface area contributed by atoms with Gasteiger partial charge in [-0.15, -0.1) is 0 Å². The van der Waals surface area contributed by atoms with Crippen molar-refractivity contribution in [2.24, 2.45) is 5.92 Å². The van der Waals surface area contributed by atoms with Crippen LogP contribution in [0.4, 0.5) is 0 Å². The molecule has 1 aliphatic rings. The van der Waals surface area contributed by atoms with Crippen molar-refractivity contribution < 1.29 is 9.21 Å². The lowest BCUT2D eigenvalue weighted by molar-refractivity contribution is 0.0673. The summed E-state index contributed by atoms with van der Waals surface area (Å²) in [5, 5.41) is 8.18. The summed E-state index contributed by atoms with van der Waals surface area (Å²) in [6.07, 6.45) is 5.03. The van der Waals surface area contributed by atoms with Gasteiger partial charge in [0.1, 0.15) is 11.3 Å². The monoisotopic (exact) mass is 337 g/mol. The van der Waals surface area contributed by atoms with Crippen LogP contribution in [0.15, 0.2) is 34.9 Å². The second-order valence-electron chi connectivity index (χ2n) is 7.10. The summed E-state index contributed by atoms with van der Waals surface area (Å²) in [6, 6.07) is 7.68. The van der Waals surface area contributed by atoms with Crippen LogP contribution in [0, 0.1) is 19.8 Å². The summed E-state index contributed by atoms with van der Waals surface area (Å²) in [5.74, 6) is 1.47. The molecule has 1 fully saturated rings. The molecule has 0 bridgehead atoms. The summed E-state index contributed by atoms with van der Waals surface area (Å²) in [6.45, 7) is 5.64. The number of hydrogen-bond acceptors (Lipinski definition) is 3. The fourth-order valence-electron chi connectivity index (χ4n) is 3.78. The van der Waals surface area contributed by atoms with Crippen LogP contribution < -0.4 is 0 Å². The van der Waals surface area contributed by atoms with Gasteiger partial charge in [0, 0.05) is 29.7 Å². The highest BCUT2D eigenvalue weighted by molar-refractivity contribution is 5.97. The zero-order valence-corrected chi connectivity index (χ0v) is 14.7. The van der Waals surface area contributed by atoms with Crippen LogP contribution in [0.25, 0.3) is 11.0 Å². The molecule has 1 aromatic carbocycles. The Balaban J connectivity index is 1.49. The Bertz CT molecular complexity index is 909. The summed E-state index contributed by atoms with van der Waals surface area (Å²) in [4.78, 5) is 14.9. The van der Waals surface area contributed by atoms with Crippen molar-refractivity contribution in [2.75, 3.05) is 13.1 Å². The molecule has 3 aromatic rings. The van der Waals surface area contributed by atoms with E-state index in [2.05, 4.69) is 17.1 Å². The smallest absolute Gasteiger partial charge is 0.253 e. The number of likely N-dealkylation sites (tertiary alicyclic amines) is 1. The second kappa shape index (κ2) is 6.39. The molecule has 5 nitrogen and oxygen atoms in total. The molecule has 1 saturated heterocycles. The highest BCUT2D eigenvalue weighted by atomic mass is 16.3. The van der Waals surface area contributed by atoms with Gasteiger partial charge < -0.3 is 9.32 Å². The quantitative estimate of drug-likeness (QED) is 0.789. The minimum Gasteiger partial charge on any atom is -0.461 e. The van der Waals surface area contributed by atoms with E-state index in [1.165, 1.54) is 11.3 Å². The molecule has 0 spiro atoms. The van der Waals surface area contributed by atoms with E-state index in [9.17, 15) is 4.79 Å². The molecule has 1 atom stereocenters. The number of aromatic amines is 1. The molecule has 4 rings (SSSR count). The predicted octanol–water partition coefficient (Wildman–Crippen LogP) is 3.87. The van der Waals surface area contributed by atoms with Crippen LogP contribution in [-0.4, -0.2) is 34.1 Å². The maximum absolute atomic E-state index is 12.9. The van der Waals surface area contributed by atoms with Gasteiger partial charge in [-0.2, -0.15) is 5.10 Å². The Kier molecular flexibility index (Phi) is 4.07. The number of carbonyl (C=O) groups is 1. The molecule has 2 aromatic heterocycles. The van der Waals surface area contributed by atoms with E-state index in [1.54, 1.807) is 0 Å². The lowest BCUT2D eigenvalue weighted by Gasteiger charge is -2.32. The topological polar surface area (TPSA) is 62.1 Å². The maximum Gasteiger partial charge on any atom is 0.253 e. The van der Waals surface area contributed by atoms with Gasteiger partial charge in [-0.25, -0.2) is 0 Å². The first-order valence-electron chi connectivity index (χ1n) is 8.88. The first-order valence-corrected chi connectivity index (χ1v) is 8.88. The molecule has 1 unspecified atom stereocenters. The van der Waals surface area contributed by atoms with E-state index < -0.39 is 0 Å². The molecular formula is C20H23N3O2. The Morgan fingerprint density at radius 1 is 1.36 bits per heavy atom. The number of carbonyl (C=O) groups excluding carboxylic acids is 1. The number of nitrogens with zero attached hydrogens (tertiary/aromatic N) is 2. The number of aryl methyl sites for hydroxylation is 2. The highest BCUT2D eigenvalue weighted by Crippen LogP contribution is 2.25. The van der Waals surface area contributed by atoms with Crippen molar-refractivity contribution in [1.29, 1.82) is 0 Å². The Morgan fingerprint density at radius 2 is 2.24 bits per heavy atom. The predicted molar refractivity (Wildman–Crippen MR) is 96.6 cm³/mol. The van der Waals surface area contributed by atoms with Crippen molar-refractivity contribution in [2.45, 2.75) is 33.1 Å². The molecule has 0 radical (unpaired) electrons. The lowest BCUT2D eigenvalue weighted by atomic mass is 9.92. The van der Waals surface area contributed by atoms with Crippen LogP contribution in [0.3, 0.4) is 0 Å². The average Bonchev–Trinajstić information content (AvgIpc) is 3.18. The molecule has 3 heterocycles. The molecule has 0 aliphatic carbocycles. The van der Waals surface area contributed by atoms with Crippen LogP contribution in [-0.2, 0) is 6.42 Å². The lowest BCUT2D eigenvalue weighted by Crippen LogP contribution is -2.40. The van der Waals surface area contributed by atoms with Crippen LogP contribution in [0.5, 0.6) is 0 Å². The highest BCUT2D eigenvalue weighted by Gasteiger charge is 2.25. The first-order chi connectivity index (χ1) is 12.1. The van der Waals surface area contributed by atoms with Crippen molar-refractivity contribution in [1.82, 2.24) is 15.1 Å². The molecule has 1 aliphatic heterocycles. The number of hydrogen-bond donors (Lipinski definition) is 1. The molecule has 5 heteroatoms. The van der Waals surface area contributed by atoms with E-state index in [0.29, 0.717) is 5.92 Å². The van der Waals surface area contributed by atoms with Gasteiger partial charge >= 0.3 is 0 Å². The van der Waals surface area contributed by atoms with Gasteiger partial charge in [0.2, 0.25) is 0 Å². The molecule has 25 heavy (non-hydrogen) atoms. The van der Waals surface area contributed by atoms with E-state index >= 15 is 0 Å². The fourth-order valence-corrected chi connectivity index (χ4v) is 3.78. The summed E-state index contributed by atoms with van der Waals surface area (Å²) in [7, 11) is 0. The number of rotatable bonds is 3. The number of furan rings is 1. The third-order valence-electron chi connectivity index (χ3n) is 5.12. The largest absolute Gasteiger partial charge is 0.461 e. The van der Waals surface area contributed by atoms with E-state index in [1.807, 2.05) is 42.3 Å². The number of amides is 1. The molecule has 1 N–H and O–H groups in total. The van der Waals surface area contributed by atoms with Gasteiger partial charge in [-0.1, -0.05) is 0 Å². The zero-order chi connectivity index (χ0) is 17.4. The summed E-state index contributed by atoms with van der Waals surface area (Å²) < 4.78 is 5.60. The van der Waals surface area contributed by atoms with Crippen molar-refractivity contribution in [3.05, 3.63) is 53.0 Å². The first kappa shape index (κ1) is 15.9. The van der Waals surface area contributed by atoms with Crippen molar-refractivity contribution in [3.8, 4) is 0 Å². The standard InChI is InChI=1S/C20H23N3O2/c1-13-11-21-22-18(13)9-15-4-3-7-23(12-15)20(24)16-5-6-19-17(10-16)8-14(2)25-19/h5-6,8,10-11,15H,3-4,7,9,12H2,1-2H3,(H,21,22). The second-order valence-corrected chi connectivity index (χ2v) is 7.10. The zero-order valence-electron chi connectivity index (χ0n) is 14.7. The van der Waals surface area contributed by atoms with Gasteiger partial charge in [-0.05, 0) is 68.9 Å². The number of piperidine rings is 1. The van der Waals surface area contributed by atoms with Crippen molar-refractivity contribution in [3.63, 3.8) is 0 Å². The normalized spacial score (nSPS) is 18.0. The van der Waals surface area contributed by atoms with Crippen LogP contribution in [0.1, 0.15) is 40.2 Å². The summed E-state index contributed by atoms with van der Waals surface area (Å²) >= 11 is 0. The van der Waals surface area contributed by atoms with Crippen LogP contribution in [0.2, 0.25) is 0 Å². The van der Waals surface area contributed by atoms with Gasteiger partial charge in [0.25, 0.3) is 5.91 Å². The number of nitrogens with one attached hydrogen (secondary N) is 1.